The predicted octanol–water partition coefficient (Wildman–Crippen LogP) is 1.97. The van der Waals surface area contributed by atoms with Gasteiger partial charge in [0.25, 0.3) is 0 Å². The van der Waals surface area contributed by atoms with E-state index in [-0.39, 0.29) is 86.2 Å². The molecule has 208 valence electrons. The van der Waals surface area contributed by atoms with Gasteiger partial charge < -0.3 is 20.0 Å². The minimum atomic E-state index is -3.63. The van der Waals surface area contributed by atoms with Crippen molar-refractivity contribution in [2.24, 2.45) is 23.5 Å². The zero-order valence-electron chi connectivity index (χ0n) is 24.1. The van der Waals surface area contributed by atoms with E-state index < -0.39 is 6.29 Å². The van der Waals surface area contributed by atoms with Crippen molar-refractivity contribution in [3.05, 3.63) is 46.8 Å². The minimum absolute atomic E-state index is 0. The van der Waals surface area contributed by atoms with Gasteiger partial charge in [0.1, 0.15) is 31.1 Å². The van der Waals surface area contributed by atoms with Crippen LogP contribution in [0.2, 0.25) is 0 Å². The number of aryl methyl sites for hydroxylation is 1. The second-order valence-electron chi connectivity index (χ2n) is 10.6. The van der Waals surface area contributed by atoms with E-state index in [1.54, 1.807) is 12.4 Å². The third-order valence-electron chi connectivity index (χ3n) is 6.16. The number of hydrogen-bond acceptors (Lipinski definition) is 6. The third-order valence-corrected chi connectivity index (χ3v) is 6.16. The number of amides is 1. The van der Waals surface area contributed by atoms with E-state index >= 15 is 0 Å². The van der Waals surface area contributed by atoms with Crippen LogP contribution in [0.25, 0.3) is 0 Å². The van der Waals surface area contributed by atoms with Crippen LogP contribution in [0.15, 0.2) is 24.4 Å². The molecule has 0 spiro atoms. The second-order valence-corrected chi connectivity index (χ2v) is 10.6. The van der Waals surface area contributed by atoms with Crippen molar-refractivity contribution in [2.75, 3.05) is 0 Å². The number of hydrogen-bond donors (Lipinski definition) is 1. The van der Waals surface area contributed by atoms with E-state index in [1.165, 1.54) is 18.3 Å². The quantitative estimate of drug-likeness (QED) is 0.379. The fraction of sp³-hybridized carbons (Fsp3) is 0.517. The van der Waals surface area contributed by atoms with Crippen molar-refractivity contribution in [2.45, 2.75) is 78.9 Å². The average Bonchev–Trinajstić information content (AvgIpc) is 3.62. The summed E-state index contributed by atoms with van der Waals surface area (Å²) in [7, 11) is 5.41. The molecule has 2 aromatic rings. The summed E-state index contributed by atoms with van der Waals surface area (Å²) in [6.45, 7) is 10.4. The monoisotopic (exact) mass is 577 g/mol. The zero-order chi connectivity index (χ0) is 29.3. The molecule has 1 aliphatic carbocycles. The van der Waals surface area contributed by atoms with Crippen LogP contribution >= 0.6 is 0 Å². The van der Waals surface area contributed by atoms with Gasteiger partial charge in [0.15, 0.2) is 0 Å². The molecule has 2 heterocycles. The Morgan fingerprint density at radius 3 is 2.35 bits per heavy atom. The van der Waals surface area contributed by atoms with Crippen molar-refractivity contribution in [1.82, 2.24) is 4.98 Å². The molecule has 2 radical (unpaired) electrons. The third kappa shape index (κ3) is 11.6. The fourth-order valence-electron chi connectivity index (χ4n) is 4.09. The number of halogens is 2. The Morgan fingerprint density at radius 1 is 1.23 bits per heavy atom. The maximum Gasteiger partial charge on any atom is 1.00 e. The predicted molar refractivity (Wildman–Crippen MR) is 145 cm³/mol. The molecule has 11 heteroatoms. The summed E-state index contributed by atoms with van der Waals surface area (Å²) in [5.41, 5.74) is 7.97. The SMILES string of the molecule is CC(C)CCC(CC(C)C)C(N)=O.O=[C-]c1ccc2c(c1C1CC1)OC(F)(F)O2.[B]c1cnc(C#N)c(C)c1.[K+]. The number of nitrogens with zero attached hydrogens (tertiary/aromatic N) is 2. The number of aromatic nitrogens is 1. The molecule has 1 aliphatic heterocycles. The van der Waals surface area contributed by atoms with Crippen molar-refractivity contribution in [1.29, 1.82) is 5.26 Å². The van der Waals surface area contributed by atoms with Gasteiger partial charge in [-0.1, -0.05) is 76.0 Å². The molecule has 4 rings (SSSR count). The van der Waals surface area contributed by atoms with Gasteiger partial charge in [-0.15, -0.1) is 14.3 Å². The van der Waals surface area contributed by atoms with Crippen LogP contribution < -0.4 is 72.1 Å². The number of carbonyl (C=O) groups is 1. The fourth-order valence-corrected chi connectivity index (χ4v) is 4.09. The topological polar surface area (TPSA) is 115 Å². The molecule has 2 aliphatic rings. The van der Waals surface area contributed by atoms with Crippen molar-refractivity contribution in [3.8, 4) is 17.6 Å². The summed E-state index contributed by atoms with van der Waals surface area (Å²) >= 11 is 0. The molecule has 1 unspecified atom stereocenters. The maximum atomic E-state index is 12.9. The molecular formula is C29H35BF2KN3O4. The zero-order valence-corrected chi connectivity index (χ0v) is 27.2. The van der Waals surface area contributed by atoms with Gasteiger partial charge in [0.2, 0.25) is 5.91 Å². The van der Waals surface area contributed by atoms with Crippen LogP contribution in [-0.2, 0) is 9.59 Å². The molecule has 40 heavy (non-hydrogen) atoms. The molecule has 1 aromatic heterocycles. The van der Waals surface area contributed by atoms with Gasteiger partial charge >= 0.3 is 57.7 Å². The van der Waals surface area contributed by atoms with E-state index in [9.17, 15) is 18.4 Å². The van der Waals surface area contributed by atoms with Crippen LogP contribution in [0.5, 0.6) is 11.5 Å². The summed E-state index contributed by atoms with van der Waals surface area (Å²) in [4.78, 5) is 25.6. The molecule has 0 saturated heterocycles. The molecule has 1 aromatic carbocycles. The molecule has 1 fully saturated rings. The Hall–Kier alpha value is -1.84. The number of ether oxygens (including phenoxy) is 2. The van der Waals surface area contributed by atoms with E-state index in [1.807, 2.05) is 13.0 Å². The molecule has 1 amide bonds. The van der Waals surface area contributed by atoms with Gasteiger partial charge in [0.05, 0.1) is 6.29 Å². The molecule has 0 bridgehead atoms. The number of pyridine rings is 1. The number of rotatable bonds is 8. The van der Waals surface area contributed by atoms with Crippen molar-refractivity contribution < 1.29 is 79.2 Å². The Balaban J connectivity index is 0.000000306. The normalized spacial score (nSPS) is 15.0. The van der Waals surface area contributed by atoms with E-state index in [0.717, 1.165) is 37.7 Å². The summed E-state index contributed by atoms with van der Waals surface area (Å²) in [6.07, 6.45) is 4.32. The first-order valence-electron chi connectivity index (χ1n) is 13.0. The van der Waals surface area contributed by atoms with Crippen LogP contribution in [-0.4, -0.2) is 31.3 Å². The van der Waals surface area contributed by atoms with Gasteiger partial charge in [-0.2, -0.15) is 11.3 Å². The van der Waals surface area contributed by atoms with Gasteiger partial charge in [-0.25, -0.2) is 4.98 Å². The summed E-state index contributed by atoms with van der Waals surface area (Å²) < 4.78 is 34.5. The van der Waals surface area contributed by atoms with Gasteiger partial charge in [-0.05, 0) is 37.2 Å². The number of nitrogens with two attached hydrogens (primary N) is 1. The van der Waals surface area contributed by atoms with E-state index in [2.05, 4.69) is 42.2 Å². The number of benzene rings is 1. The van der Waals surface area contributed by atoms with Gasteiger partial charge in [0, 0.05) is 12.1 Å². The number of primary amides is 1. The first-order valence-corrected chi connectivity index (χ1v) is 13.0. The number of alkyl halides is 2. The molecule has 2 N–H and O–H groups in total. The van der Waals surface area contributed by atoms with Crippen LogP contribution in [0.3, 0.4) is 0 Å². The smallest absolute Gasteiger partial charge is 0.409 e. The Bertz CT molecular complexity index is 1200. The first-order chi connectivity index (χ1) is 18.3. The maximum absolute atomic E-state index is 12.9. The van der Waals surface area contributed by atoms with E-state index in [0.29, 0.717) is 28.6 Å². The Kier molecular flexibility index (Phi) is 15.0. The molecule has 1 saturated carbocycles. The minimum Gasteiger partial charge on any atom is -0.409 e. The van der Waals surface area contributed by atoms with Crippen LogP contribution in [0, 0.1) is 36.0 Å². The molecule has 1 atom stereocenters. The molecular weight excluding hydrogens is 542 g/mol. The summed E-state index contributed by atoms with van der Waals surface area (Å²) in [5.74, 6) is 1.28. The number of nitriles is 1. The van der Waals surface area contributed by atoms with Crippen molar-refractivity contribution >= 4 is 25.5 Å². The second kappa shape index (κ2) is 16.6. The first kappa shape index (κ1) is 36.2. The van der Waals surface area contributed by atoms with E-state index in [4.69, 9.17) is 18.8 Å². The van der Waals surface area contributed by atoms with Crippen LogP contribution in [0.1, 0.15) is 88.1 Å². The van der Waals surface area contributed by atoms with Gasteiger partial charge in [-0.3, -0.25) is 4.79 Å². The summed E-state index contributed by atoms with van der Waals surface area (Å²) in [6, 6.07) is 6.43. The largest absolute Gasteiger partial charge is 1.00 e. The number of carbonyl (C=O) groups excluding carboxylic acids is 2. The Morgan fingerprint density at radius 2 is 1.88 bits per heavy atom. The summed E-state index contributed by atoms with van der Waals surface area (Å²) in [5, 5.41) is 8.46. The van der Waals surface area contributed by atoms with Crippen LogP contribution in [0.4, 0.5) is 8.78 Å². The standard InChI is InChI=1S/C11H7F2O3.C11H23NO.C7H5BN2.K/c12-11(13)15-8-4-3-7(5-14)9(6-1-2-6)10(8)16-11;1-8(2)5-6-10(11(12)13)7-9(3)4;1-5-2-6(8)4-10-7(5)3-9;/h3-4,6H,1-2H2;8-10H,5-7H2,1-4H3,(H2,12,13);2,4H,1H3;/q-1;;;+1. The average molecular weight is 578 g/mol. The Labute approximate surface area is 279 Å². The van der Waals surface area contributed by atoms with Crippen molar-refractivity contribution in [3.63, 3.8) is 0 Å². The molecule has 7 nitrogen and oxygen atoms in total. The number of fused-ring (bicyclic) bond motifs is 1.